The lowest BCUT2D eigenvalue weighted by Gasteiger charge is -2.52. The molecule has 0 unspecified atom stereocenters. The van der Waals surface area contributed by atoms with Gasteiger partial charge in [0, 0.05) is 43.2 Å². The molecular formula is C74H87BN2S. The molecule has 6 aromatic carbocycles. The minimum absolute atomic E-state index is 0.0198. The van der Waals surface area contributed by atoms with Crippen molar-refractivity contribution in [3.63, 3.8) is 0 Å². The van der Waals surface area contributed by atoms with Crippen LogP contribution in [0.2, 0.25) is 0 Å². The van der Waals surface area contributed by atoms with Crippen molar-refractivity contribution in [3.8, 4) is 11.1 Å². The molecule has 4 heteroatoms. The Hall–Kier alpha value is -5.06. The molecule has 2 bridgehead atoms. The predicted octanol–water partition coefficient (Wildman–Crippen LogP) is 19.1. The van der Waals surface area contributed by atoms with Gasteiger partial charge in [0.15, 0.2) is 0 Å². The van der Waals surface area contributed by atoms with Gasteiger partial charge in [0.25, 0.3) is 6.71 Å². The molecule has 3 heterocycles. The first-order chi connectivity index (χ1) is 36.4. The molecule has 0 amide bonds. The van der Waals surface area contributed by atoms with Crippen molar-refractivity contribution in [2.75, 3.05) is 9.80 Å². The summed E-state index contributed by atoms with van der Waals surface area (Å²) in [7, 11) is 0. The average Bonchev–Trinajstić information content (AvgIpc) is 2.47. The fourth-order valence-corrected chi connectivity index (χ4v) is 18.1. The second-order valence-electron chi connectivity index (χ2n) is 31.9. The van der Waals surface area contributed by atoms with Crippen LogP contribution in [-0.2, 0) is 48.7 Å². The highest BCUT2D eigenvalue weighted by atomic mass is 32.1. The molecule has 15 rings (SSSR count). The Morgan fingerprint density at radius 3 is 1.45 bits per heavy atom. The van der Waals surface area contributed by atoms with Crippen LogP contribution in [-0.4, -0.2) is 6.71 Å². The maximum absolute atomic E-state index is 2.88. The molecule has 0 spiro atoms. The monoisotopic (exact) mass is 1050 g/mol. The van der Waals surface area contributed by atoms with E-state index in [9.17, 15) is 0 Å². The van der Waals surface area contributed by atoms with Gasteiger partial charge in [0.1, 0.15) is 0 Å². The lowest BCUT2D eigenvalue weighted by Crippen LogP contribution is -2.61. The zero-order chi connectivity index (χ0) is 55.0. The third kappa shape index (κ3) is 7.11. The second-order valence-corrected chi connectivity index (χ2v) is 33.0. The Balaban J connectivity index is 1.17. The van der Waals surface area contributed by atoms with E-state index in [1.54, 1.807) is 16.7 Å². The Morgan fingerprint density at radius 1 is 0.423 bits per heavy atom. The quantitative estimate of drug-likeness (QED) is 0.163. The van der Waals surface area contributed by atoms with E-state index in [1.165, 1.54) is 169 Å². The Labute approximate surface area is 473 Å². The van der Waals surface area contributed by atoms with Crippen molar-refractivity contribution in [1.29, 1.82) is 0 Å². The SMILES string of the molecule is CC(C)(C)c1cc2c3c(c1)N(c1cc4c(cc1-c1ccccc1)C(C)(C)CCC4(C)C)c1c(sc4cc5c(cc14)C1(C)CCC5(C)CC1)B3c1cc3c(cc1N2c1ccc2c(c1)C(C)(C)CCC2(C)C)C(C)(C)CCC3(C)C. The molecule has 1 aromatic heterocycles. The summed E-state index contributed by atoms with van der Waals surface area (Å²) in [4.78, 5) is 5.67. The molecule has 8 aliphatic rings. The summed E-state index contributed by atoms with van der Waals surface area (Å²) in [6, 6.07) is 40.9. The minimum atomic E-state index is -0.133. The molecule has 0 saturated heterocycles. The van der Waals surface area contributed by atoms with E-state index in [-0.39, 0.29) is 55.4 Å². The highest BCUT2D eigenvalue weighted by molar-refractivity contribution is 7.33. The Morgan fingerprint density at radius 2 is 0.897 bits per heavy atom. The highest BCUT2D eigenvalue weighted by Crippen LogP contribution is 2.61. The van der Waals surface area contributed by atoms with Gasteiger partial charge in [0.05, 0.1) is 11.4 Å². The van der Waals surface area contributed by atoms with Crippen molar-refractivity contribution >= 4 is 78.0 Å². The average molecular weight is 1050 g/mol. The van der Waals surface area contributed by atoms with Crippen LogP contribution in [0.4, 0.5) is 34.1 Å². The summed E-state index contributed by atoms with van der Waals surface area (Å²) in [5.74, 6) is 0. The van der Waals surface area contributed by atoms with Gasteiger partial charge in [-0.25, -0.2) is 0 Å². The van der Waals surface area contributed by atoms with E-state index in [0.717, 1.165) is 0 Å². The zero-order valence-electron chi connectivity index (χ0n) is 50.7. The minimum Gasteiger partial charge on any atom is -0.311 e. The maximum Gasteiger partial charge on any atom is 0.264 e. The van der Waals surface area contributed by atoms with Crippen LogP contribution in [0.3, 0.4) is 0 Å². The fraction of sp³-hybridized carbons (Fsp3) is 0.486. The van der Waals surface area contributed by atoms with E-state index >= 15 is 0 Å². The maximum atomic E-state index is 2.88. The van der Waals surface area contributed by atoms with Gasteiger partial charge in [-0.15, -0.1) is 11.3 Å². The highest BCUT2D eigenvalue weighted by Gasteiger charge is 2.52. The molecule has 402 valence electrons. The summed E-state index contributed by atoms with van der Waals surface area (Å²) >= 11 is 2.13. The summed E-state index contributed by atoms with van der Waals surface area (Å²) in [5, 5.41) is 1.44. The van der Waals surface area contributed by atoms with Gasteiger partial charge >= 0.3 is 0 Å². The van der Waals surface area contributed by atoms with E-state index < -0.39 is 0 Å². The number of anilines is 6. The lowest BCUT2D eigenvalue weighted by atomic mass is 9.35. The molecule has 2 aliphatic heterocycles. The van der Waals surface area contributed by atoms with Crippen molar-refractivity contribution in [3.05, 3.63) is 147 Å². The molecule has 1 saturated carbocycles. The summed E-state index contributed by atoms with van der Waals surface area (Å²) in [6.07, 6.45) is 12.2. The summed E-state index contributed by atoms with van der Waals surface area (Å²) in [6.45, 7) is 42.7. The van der Waals surface area contributed by atoms with Crippen LogP contribution in [0.5, 0.6) is 0 Å². The van der Waals surface area contributed by atoms with E-state index in [2.05, 4.69) is 236 Å². The predicted molar refractivity (Wildman–Crippen MR) is 339 cm³/mol. The second kappa shape index (κ2) is 15.9. The molecule has 2 nitrogen and oxygen atoms in total. The van der Waals surface area contributed by atoms with Gasteiger partial charge in [-0.3, -0.25) is 0 Å². The number of nitrogens with zero attached hydrogens (tertiary/aromatic N) is 2. The van der Waals surface area contributed by atoms with Crippen LogP contribution >= 0.6 is 11.3 Å². The molecule has 0 N–H and O–H groups in total. The molecule has 0 atom stereocenters. The molecule has 6 aliphatic carbocycles. The standard InChI is InChI=1S/C74H87BN2S/c1-66(2,3)45-35-60-63-61(36-45)77(58-41-53-51(69(8,9)27-29-71(53,12)13)38-47(58)44-21-19-18-20-22-44)64-48-39-55-56(74(17)33-31-73(55,16)32-34-74)43-62(48)78-65(64)75(63)57-40-52-54(72(14,15)30-28-70(52,10)11)42-59(57)76(60)46-23-24-49-50(37-46)68(6,7)26-25-67(49,4)5/h18-24,35-43H,25-34H2,1-17H3. The van der Waals surface area contributed by atoms with Crippen molar-refractivity contribution < 1.29 is 0 Å². The van der Waals surface area contributed by atoms with Crippen LogP contribution in [0.1, 0.15) is 232 Å². The molecule has 1 fully saturated rings. The first-order valence-corrected chi connectivity index (χ1v) is 31.2. The number of hydrogen-bond acceptors (Lipinski definition) is 3. The number of hydrogen-bond donors (Lipinski definition) is 0. The van der Waals surface area contributed by atoms with Crippen molar-refractivity contribution in [2.45, 2.75) is 231 Å². The van der Waals surface area contributed by atoms with Gasteiger partial charge in [-0.1, -0.05) is 160 Å². The smallest absolute Gasteiger partial charge is 0.264 e. The molecular weight excluding hydrogens is 960 g/mol. The van der Waals surface area contributed by atoms with Gasteiger partial charge in [-0.05, 0) is 234 Å². The van der Waals surface area contributed by atoms with Gasteiger partial charge in [0.2, 0.25) is 0 Å². The molecule has 0 radical (unpaired) electrons. The zero-order valence-corrected chi connectivity index (χ0v) is 51.5. The number of rotatable bonds is 3. The largest absolute Gasteiger partial charge is 0.311 e. The van der Waals surface area contributed by atoms with Crippen LogP contribution in [0.15, 0.2) is 97.1 Å². The van der Waals surface area contributed by atoms with Gasteiger partial charge in [-0.2, -0.15) is 0 Å². The third-order valence-corrected chi connectivity index (χ3v) is 24.0. The Kier molecular flexibility index (Phi) is 10.4. The van der Waals surface area contributed by atoms with E-state index in [0.29, 0.717) is 0 Å². The van der Waals surface area contributed by atoms with Crippen LogP contribution < -0.4 is 25.5 Å². The van der Waals surface area contributed by atoms with Crippen LogP contribution in [0.25, 0.3) is 21.2 Å². The van der Waals surface area contributed by atoms with E-state index in [4.69, 9.17) is 0 Å². The topological polar surface area (TPSA) is 6.48 Å². The summed E-state index contributed by atoms with van der Waals surface area (Å²) < 4.78 is 2.96. The molecule has 7 aromatic rings. The fourth-order valence-electron chi connectivity index (χ4n) is 16.8. The Bertz CT molecular complexity index is 3730. The number of thiophene rings is 1. The molecule has 78 heavy (non-hydrogen) atoms. The van der Waals surface area contributed by atoms with Gasteiger partial charge < -0.3 is 9.80 Å². The van der Waals surface area contributed by atoms with E-state index in [1.807, 2.05) is 0 Å². The first kappa shape index (κ1) is 51.1. The first-order valence-electron chi connectivity index (χ1n) is 30.4. The lowest BCUT2D eigenvalue weighted by molar-refractivity contribution is 0.188. The number of benzene rings is 6. The summed E-state index contributed by atoms with van der Waals surface area (Å²) in [5.41, 5.74) is 28.0. The third-order valence-electron chi connectivity index (χ3n) is 22.8. The number of fused-ring (bicyclic) bond motifs is 11. The van der Waals surface area contributed by atoms with Crippen LogP contribution in [0, 0.1) is 0 Å². The normalized spacial score (nSPS) is 24.9. The van der Waals surface area contributed by atoms with Crippen molar-refractivity contribution in [1.82, 2.24) is 0 Å². The van der Waals surface area contributed by atoms with Crippen molar-refractivity contribution in [2.24, 2.45) is 0 Å².